The quantitative estimate of drug-likeness (QED) is 0.862. The molecular formula is C15H26N4O3S. The SMILES string of the molecule is Cc1c(S(=O)(=O)N[C@H]2C[C@H]3CO[C@H](C(C)C)CN3C2)cnn1C. The van der Waals surface area contributed by atoms with Crippen molar-refractivity contribution in [3.8, 4) is 0 Å². The Morgan fingerprint density at radius 3 is 2.74 bits per heavy atom. The van der Waals surface area contributed by atoms with Crippen molar-refractivity contribution < 1.29 is 13.2 Å². The number of hydrogen-bond donors (Lipinski definition) is 1. The predicted octanol–water partition coefficient (Wildman–Crippen LogP) is 0.505. The molecule has 8 heteroatoms. The van der Waals surface area contributed by atoms with E-state index in [2.05, 4.69) is 28.6 Å². The van der Waals surface area contributed by atoms with E-state index < -0.39 is 10.0 Å². The van der Waals surface area contributed by atoms with Crippen molar-refractivity contribution in [3.05, 3.63) is 11.9 Å². The van der Waals surface area contributed by atoms with Gasteiger partial charge in [-0.3, -0.25) is 9.58 Å². The largest absolute Gasteiger partial charge is 0.375 e. The Hall–Kier alpha value is -0.960. The molecule has 3 heterocycles. The highest BCUT2D eigenvalue weighted by molar-refractivity contribution is 7.89. The third-order valence-corrected chi connectivity index (χ3v) is 6.61. The summed E-state index contributed by atoms with van der Waals surface area (Å²) in [7, 11) is -1.78. The average molecular weight is 342 g/mol. The number of rotatable bonds is 4. The number of fused-ring (bicyclic) bond motifs is 1. The molecule has 0 bridgehead atoms. The van der Waals surface area contributed by atoms with Gasteiger partial charge in [0.05, 0.1) is 24.6 Å². The third kappa shape index (κ3) is 3.31. The molecule has 0 aromatic carbocycles. The topological polar surface area (TPSA) is 76.5 Å². The van der Waals surface area contributed by atoms with E-state index in [0.717, 1.165) is 19.5 Å². The van der Waals surface area contributed by atoms with E-state index in [1.54, 1.807) is 18.7 Å². The van der Waals surface area contributed by atoms with Crippen LogP contribution in [-0.2, 0) is 21.8 Å². The van der Waals surface area contributed by atoms with Crippen molar-refractivity contribution in [2.45, 2.75) is 50.3 Å². The van der Waals surface area contributed by atoms with E-state index in [1.807, 2.05) is 0 Å². The van der Waals surface area contributed by atoms with Crippen LogP contribution in [0, 0.1) is 12.8 Å². The van der Waals surface area contributed by atoms with Gasteiger partial charge in [0.2, 0.25) is 10.0 Å². The summed E-state index contributed by atoms with van der Waals surface area (Å²) in [6, 6.07) is 0.242. The lowest BCUT2D eigenvalue weighted by Gasteiger charge is -2.36. The van der Waals surface area contributed by atoms with E-state index in [9.17, 15) is 8.42 Å². The van der Waals surface area contributed by atoms with Gasteiger partial charge in [-0.2, -0.15) is 5.10 Å². The zero-order valence-corrected chi connectivity index (χ0v) is 15.0. The van der Waals surface area contributed by atoms with Gasteiger partial charge >= 0.3 is 0 Å². The lowest BCUT2D eigenvalue weighted by atomic mass is 10.0. The summed E-state index contributed by atoms with van der Waals surface area (Å²) >= 11 is 0. The molecule has 0 spiro atoms. The predicted molar refractivity (Wildman–Crippen MR) is 86.6 cm³/mol. The first-order valence-electron chi connectivity index (χ1n) is 8.14. The van der Waals surface area contributed by atoms with Gasteiger partial charge in [0.1, 0.15) is 4.90 Å². The molecule has 0 aliphatic carbocycles. The summed E-state index contributed by atoms with van der Waals surface area (Å²) in [6.07, 6.45) is 2.45. The van der Waals surface area contributed by atoms with Crippen molar-refractivity contribution in [1.82, 2.24) is 19.4 Å². The maximum atomic E-state index is 12.6. The molecule has 1 aromatic rings. The fourth-order valence-electron chi connectivity index (χ4n) is 3.41. The summed E-state index contributed by atoms with van der Waals surface area (Å²) in [5.74, 6) is 0.477. The summed E-state index contributed by atoms with van der Waals surface area (Å²) in [6.45, 7) is 8.40. The number of nitrogens with zero attached hydrogens (tertiary/aromatic N) is 3. The zero-order valence-electron chi connectivity index (χ0n) is 14.2. The van der Waals surface area contributed by atoms with Gasteiger partial charge in [-0.05, 0) is 19.3 Å². The molecular weight excluding hydrogens is 316 g/mol. The number of aromatic nitrogens is 2. The van der Waals surface area contributed by atoms with Crippen LogP contribution in [0.5, 0.6) is 0 Å². The Kier molecular flexibility index (Phi) is 4.52. The molecule has 2 aliphatic heterocycles. The van der Waals surface area contributed by atoms with Crippen LogP contribution in [-0.4, -0.2) is 61.0 Å². The highest BCUT2D eigenvalue weighted by Gasteiger charge is 2.39. The molecule has 130 valence electrons. The molecule has 23 heavy (non-hydrogen) atoms. The Balaban J connectivity index is 1.67. The summed E-state index contributed by atoms with van der Waals surface area (Å²) in [4.78, 5) is 2.62. The second-order valence-electron chi connectivity index (χ2n) is 7.00. The van der Waals surface area contributed by atoms with E-state index in [4.69, 9.17) is 4.74 Å². The number of sulfonamides is 1. The minimum atomic E-state index is -3.53. The molecule has 2 aliphatic rings. The van der Waals surface area contributed by atoms with E-state index in [1.165, 1.54) is 6.20 Å². The second-order valence-corrected chi connectivity index (χ2v) is 8.68. The molecule has 1 aromatic heterocycles. The first-order chi connectivity index (χ1) is 10.8. The van der Waals surface area contributed by atoms with Gasteiger partial charge < -0.3 is 4.74 Å². The van der Waals surface area contributed by atoms with E-state index in [-0.39, 0.29) is 17.0 Å². The van der Waals surface area contributed by atoms with Crippen LogP contribution in [0.3, 0.4) is 0 Å². The van der Waals surface area contributed by atoms with Gasteiger partial charge in [0.25, 0.3) is 0 Å². The Morgan fingerprint density at radius 1 is 1.39 bits per heavy atom. The minimum absolute atomic E-state index is 0.0703. The normalized spacial score (nSPS) is 29.2. The molecule has 0 radical (unpaired) electrons. The van der Waals surface area contributed by atoms with Crippen molar-refractivity contribution in [2.75, 3.05) is 19.7 Å². The zero-order chi connectivity index (χ0) is 16.8. The molecule has 0 amide bonds. The van der Waals surface area contributed by atoms with Crippen molar-refractivity contribution in [3.63, 3.8) is 0 Å². The van der Waals surface area contributed by atoms with Crippen LogP contribution in [0.15, 0.2) is 11.1 Å². The fraction of sp³-hybridized carbons (Fsp3) is 0.800. The summed E-state index contributed by atoms with van der Waals surface area (Å²) < 4.78 is 35.5. The smallest absolute Gasteiger partial charge is 0.244 e. The average Bonchev–Trinajstić information content (AvgIpc) is 3.01. The molecule has 2 saturated heterocycles. The van der Waals surface area contributed by atoms with Crippen molar-refractivity contribution in [1.29, 1.82) is 0 Å². The Labute approximate surface area is 138 Å². The van der Waals surface area contributed by atoms with Gasteiger partial charge in [-0.25, -0.2) is 13.1 Å². The highest BCUT2D eigenvalue weighted by Crippen LogP contribution is 2.27. The van der Waals surface area contributed by atoms with Crippen molar-refractivity contribution in [2.24, 2.45) is 13.0 Å². The van der Waals surface area contributed by atoms with Gasteiger partial charge in [-0.1, -0.05) is 13.8 Å². The number of morpholine rings is 1. The standard InChI is InChI=1S/C15H26N4O3S/c1-10(2)14-8-19-7-12(5-13(19)9-22-14)17-23(20,21)15-6-16-18(4)11(15)3/h6,10,12-14,17H,5,7-9H2,1-4H3/t12-,13-,14-/m0/s1. The fourth-order valence-corrected chi connectivity index (χ4v) is 4.86. The maximum Gasteiger partial charge on any atom is 0.244 e. The first kappa shape index (κ1) is 16.9. The van der Waals surface area contributed by atoms with Gasteiger partial charge in [0, 0.05) is 32.2 Å². The number of aryl methyl sites for hydroxylation is 1. The lowest BCUT2D eigenvalue weighted by Crippen LogP contribution is -2.48. The van der Waals surface area contributed by atoms with E-state index >= 15 is 0 Å². The van der Waals surface area contributed by atoms with Crippen LogP contribution in [0.25, 0.3) is 0 Å². The van der Waals surface area contributed by atoms with Crippen LogP contribution in [0.4, 0.5) is 0 Å². The van der Waals surface area contributed by atoms with Crippen LogP contribution in [0.2, 0.25) is 0 Å². The summed E-state index contributed by atoms with van der Waals surface area (Å²) in [5, 5.41) is 4.03. The lowest BCUT2D eigenvalue weighted by molar-refractivity contribution is -0.0683. The minimum Gasteiger partial charge on any atom is -0.375 e. The number of nitrogens with one attached hydrogen (secondary N) is 1. The van der Waals surface area contributed by atoms with E-state index in [0.29, 0.717) is 24.3 Å². The molecule has 3 rings (SSSR count). The monoisotopic (exact) mass is 342 g/mol. The number of hydrogen-bond acceptors (Lipinski definition) is 5. The van der Waals surface area contributed by atoms with Gasteiger partial charge in [-0.15, -0.1) is 0 Å². The molecule has 3 atom stereocenters. The summed E-state index contributed by atoms with van der Waals surface area (Å²) in [5.41, 5.74) is 0.649. The third-order valence-electron chi connectivity index (χ3n) is 4.99. The van der Waals surface area contributed by atoms with Crippen LogP contribution < -0.4 is 4.72 Å². The molecule has 0 saturated carbocycles. The first-order valence-corrected chi connectivity index (χ1v) is 9.63. The number of ether oxygens (including phenoxy) is 1. The molecule has 0 unspecified atom stereocenters. The highest BCUT2D eigenvalue weighted by atomic mass is 32.2. The van der Waals surface area contributed by atoms with Crippen LogP contribution in [0.1, 0.15) is 26.0 Å². The molecule has 7 nitrogen and oxygen atoms in total. The van der Waals surface area contributed by atoms with Crippen molar-refractivity contribution >= 4 is 10.0 Å². The molecule has 1 N–H and O–H groups in total. The van der Waals surface area contributed by atoms with Gasteiger partial charge in [0.15, 0.2) is 0 Å². The Morgan fingerprint density at radius 2 is 2.13 bits per heavy atom. The second kappa shape index (κ2) is 6.16. The van der Waals surface area contributed by atoms with Crippen LogP contribution >= 0.6 is 0 Å². The Bertz CT molecular complexity index is 670. The maximum absolute atomic E-state index is 12.6. The molecule has 2 fully saturated rings.